The van der Waals surface area contributed by atoms with E-state index in [1.165, 1.54) is 7.02 Å². The van der Waals surface area contributed by atoms with Crippen molar-refractivity contribution in [2.24, 2.45) is 0 Å². The van der Waals surface area contributed by atoms with Crippen molar-refractivity contribution in [1.82, 2.24) is 0 Å². The Bertz CT molecular complexity index is 962. The van der Waals surface area contributed by atoms with Crippen LogP contribution in [0.1, 0.15) is 0 Å². The number of rotatable bonds is 5. The number of hydrogen-bond acceptors (Lipinski definition) is 2. The van der Waals surface area contributed by atoms with Gasteiger partial charge in [0.25, 0.3) is 0 Å². The molecular formula is C25H20NS2Sb. The molecule has 1 nitrogen and oxygen atoms in total. The van der Waals surface area contributed by atoms with E-state index in [2.05, 4.69) is 114 Å². The van der Waals surface area contributed by atoms with Crippen LogP contribution < -0.4 is 11.9 Å². The van der Waals surface area contributed by atoms with Crippen LogP contribution >= 0.6 is 21.1 Å². The zero-order valence-electron chi connectivity index (χ0n) is 15.8. The molecule has 4 aromatic rings. The molecule has 0 aliphatic carbocycles. The fraction of sp³-hybridized carbons (Fsp3) is 0. The van der Waals surface area contributed by atoms with Crippen molar-refractivity contribution in [3.63, 3.8) is 0 Å². The monoisotopic (exact) mass is 519 g/mol. The summed E-state index contributed by atoms with van der Waals surface area (Å²) in [6.45, 7) is 0. The summed E-state index contributed by atoms with van der Waals surface area (Å²) in [5.74, 6) is 0. The van der Waals surface area contributed by atoms with E-state index >= 15 is 0 Å². The second-order valence-corrected chi connectivity index (χ2v) is 16.2. The molecular weight excluding hydrogens is 500 g/mol. The summed E-state index contributed by atoms with van der Waals surface area (Å²) in [7, 11) is 1.89. The van der Waals surface area contributed by atoms with Gasteiger partial charge in [-0.1, -0.05) is 0 Å². The maximum absolute atomic E-state index is 6.05. The third-order valence-corrected chi connectivity index (χ3v) is 16.7. The Labute approximate surface area is 187 Å². The van der Waals surface area contributed by atoms with Gasteiger partial charge in [-0.25, -0.2) is 0 Å². The molecule has 0 unspecified atom stereocenters. The van der Waals surface area contributed by atoms with E-state index in [0.29, 0.717) is 0 Å². The average Bonchev–Trinajstić information content (AvgIpc) is 2.80. The molecule has 4 aromatic carbocycles. The summed E-state index contributed by atoms with van der Waals surface area (Å²) in [5.41, 5.74) is 2.19. The number of hydrogen-bond donors (Lipinski definition) is 0. The van der Waals surface area contributed by atoms with E-state index in [-0.39, 0.29) is 0 Å². The van der Waals surface area contributed by atoms with Crippen molar-refractivity contribution >= 4 is 62.6 Å². The van der Waals surface area contributed by atoms with Crippen molar-refractivity contribution in [3.05, 3.63) is 121 Å². The molecule has 0 saturated carbocycles. The number of anilines is 2. The predicted octanol–water partition coefficient (Wildman–Crippen LogP) is 5.65. The first kappa shape index (κ1) is 20.2. The van der Waals surface area contributed by atoms with Gasteiger partial charge in [0, 0.05) is 0 Å². The van der Waals surface area contributed by atoms with E-state index in [9.17, 15) is 0 Å². The molecule has 0 saturated heterocycles. The Hall–Kier alpha value is -2.06. The fourth-order valence-electron chi connectivity index (χ4n) is 3.01. The van der Waals surface area contributed by atoms with Gasteiger partial charge < -0.3 is 0 Å². The van der Waals surface area contributed by atoms with Crippen LogP contribution in [0.3, 0.4) is 0 Å². The second-order valence-electron chi connectivity index (χ2n) is 6.33. The van der Waals surface area contributed by atoms with E-state index in [4.69, 9.17) is 12.2 Å². The first-order valence-electron chi connectivity index (χ1n) is 9.35. The zero-order valence-corrected chi connectivity index (χ0v) is 19.9. The number of para-hydroxylation sites is 2. The molecule has 0 aliphatic rings. The zero-order chi connectivity index (χ0) is 19.9. The summed E-state index contributed by atoms with van der Waals surface area (Å²) in [4.78, 5) is 2.20. The fourth-order valence-corrected chi connectivity index (χ4v) is 14.2. The number of nitrogens with zero attached hydrogens (tertiary/aromatic N) is 1. The molecule has 0 radical (unpaired) electrons. The van der Waals surface area contributed by atoms with Gasteiger partial charge in [-0.3, -0.25) is 0 Å². The van der Waals surface area contributed by atoms with Crippen LogP contribution in [0, 0.1) is 0 Å². The Morgan fingerprint density at radius 2 is 0.897 bits per heavy atom. The summed E-state index contributed by atoms with van der Waals surface area (Å²) in [6, 6.07) is 42.5. The van der Waals surface area contributed by atoms with Crippen LogP contribution in [0.4, 0.5) is 11.4 Å². The molecule has 0 amide bonds. The molecule has 0 spiro atoms. The third-order valence-electron chi connectivity index (χ3n) is 4.36. The van der Waals surface area contributed by atoms with Gasteiger partial charge in [-0.15, -0.1) is 0 Å². The first-order chi connectivity index (χ1) is 14.3. The normalized spacial score (nSPS) is 10.7. The average molecular weight is 520 g/mol. The summed E-state index contributed by atoms with van der Waals surface area (Å²) < 4.78 is 3.75. The van der Waals surface area contributed by atoms with Gasteiger partial charge in [-0.05, 0) is 0 Å². The topological polar surface area (TPSA) is 3.24 Å². The molecule has 0 aromatic heterocycles. The van der Waals surface area contributed by atoms with Gasteiger partial charge in [0.1, 0.15) is 0 Å². The molecule has 0 atom stereocenters. The number of benzene rings is 4. The Kier molecular flexibility index (Phi) is 7.05. The summed E-state index contributed by atoms with van der Waals surface area (Å²) >= 11 is 3.93. The van der Waals surface area contributed by atoms with Gasteiger partial charge in [0.15, 0.2) is 0 Å². The molecule has 0 aliphatic heterocycles. The quantitative estimate of drug-likeness (QED) is 0.248. The van der Waals surface area contributed by atoms with E-state index in [1.807, 2.05) is 21.0 Å². The van der Waals surface area contributed by atoms with Crippen molar-refractivity contribution in [1.29, 1.82) is 0 Å². The standard InChI is InChI=1S/C13H11NS2.2C6H5.Sb/c15-13(16)14(11-7-3-1-4-8-11)12-9-5-2-6-10-12;2*1-2-4-6-5-3-1;/h1-10H,(H,15,16);2*1-5H;/q;;;+1/p-1. The molecule has 4 heteroatoms. The minimum atomic E-state index is -2.12. The van der Waals surface area contributed by atoms with Gasteiger partial charge in [0.2, 0.25) is 0 Å². The molecule has 142 valence electrons. The predicted molar refractivity (Wildman–Crippen MR) is 133 cm³/mol. The van der Waals surface area contributed by atoms with Crippen molar-refractivity contribution in [2.75, 3.05) is 4.90 Å². The van der Waals surface area contributed by atoms with Gasteiger partial charge >= 0.3 is 189 Å². The first-order valence-corrected chi connectivity index (χ1v) is 16.2. The Morgan fingerprint density at radius 3 is 1.28 bits per heavy atom. The molecule has 0 N–H and O–H groups in total. The van der Waals surface area contributed by atoms with Crippen LogP contribution in [0.15, 0.2) is 121 Å². The molecule has 4 rings (SSSR count). The molecule has 0 heterocycles. The Balaban J connectivity index is 1.71. The summed E-state index contributed by atoms with van der Waals surface area (Å²) in [6.07, 6.45) is 0. The molecule has 29 heavy (non-hydrogen) atoms. The molecule has 0 fully saturated rings. The molecule has 0 bridgehead atoms. The van der Waals surface area contributed by atoms with Crippen molar-refractivity contribution in [3.8, 4) is 0 Å². The minimum absolute atomic E-state index is 0.901. The van der Waals surface area contributed by atoms with Crippen LogP contribution in [-0.2, 0) is 0 Å². The van der Waals surface area contributed by atoms with Crippen LogP contribution in [0.25, 0.3) is 0 Å². The van der Waals surface area contributed by atoms with Crippen molar-refractivity contribution in [2.45, 2.75) is 0 Å². The third kappa shape index (κ3) is 5.11. The number of thiocarbonyl (C=S) groups is 1. The van der Waals surface area contributed by atoms with Crippen LogP contribution in [0.5, 0.6) is 0 Å². The van der Waals surface area contributed by atoms with E-state index in [1.54, 1.807) is 0 Å². The maximum atomic E-state index is 6.05. The Morgan fingerprint density at radius 1 is 0.552 bits per heavy atom. The summed E-state index contributed by atoms with van der Waals surface area (Å²) in [5, 5.41) is 0. The van der Waals surface area contributed by atoms with E-state index in [0.717, 1.165) is 15.7 Å². The van der Waals surface area contributed by atoms with E-state index < -0.39 is 18.8 Å². The van der Waals surface area contributed by atoms with Crippen LogP contribution in [-0.4, -0.2) is 23.1 Å². The second kappa shape index (κ2) is 10.1. The van der Waals surface area contributed by atoms with Gasteiger partial charge in [0.05, 0.1) is 0 Å². The van der Waals surface area contributed by atoms with Gasteiger partial charge in [-0.2, -0.15) is 0 Å². The van der Waals surface area contributed by atoms with Crippen molar-refractivity contribution < 1.29 is 0 Å². The van der Waals surface area contributed by atoms with Crippen LogP contribution in [0.2, 0.25) is 0 Å². The SMILES string of the molecule is S=C([S][Sb]([c]1ccccc1)[c]1ccccc1)N(c1ccccc1)c1ccccc1.